The number of anilines is 6. The summed E-state index contributed by atoms with van der Waals surface area (Å²) in [7, 11) is 3.30. The van der Waals surface area contributed by atoms with E-state index in [0.29, 0.717) is 17.1 Å². The van der Waals surface area contributed by atoms with E-state index in [1.54, 1.807) is 14.2 Å². The van der Waals surface area contributed by atoms with Gasteiger partial charge in [-0.15, -0.1) is 0 Å². The lowest BCUT2D eigenvalue weighted by molar-refractivity contribution is 0.355. The second-order valence-corrected chi connectivity index (χ2v) is 11.9. The third-order valence-electron chi connectivity index (χ3n) is 9.13. The van der Waals surface area contributed by atoms with Crippen LogP contribution in [0.5, 0.6) is 11.5 Å². The van der Waals surface area contributed by atoms with Gasteiger partial charge in [-0.05, 0) is 96.4 Å². The second-order valence-electron chi connectivity index (χ2n) is 11.9. The van der Waals surface area contributed by atoms with Gasteiger partial charge in [0.25, 0.3) is 0 Å². The van der Waals surface area contributed by atoms with Crippen LogP contribution in [0.4, 0.5) is 34.1 Å². The number of hydrogen-bond donors (Lipinski definition) is 0. The summed E-state index contributed by atoms with van der Waals surface area (Å²) in [6.07, 6.45) is 0. The molecule has 0 saturated heterocycles. The number of nitrogens with zero attached hydrogens (tertiary/aromatic N) is 4. The molecule has 0 radical (unpaired) electrons. The third kappa shape index (κ3) is 5.00. The van der Waals surface area contributed by atoms with Gasteiger partial charge < -0.3 is 19.3 Å². The molecule has 0 spiro atoms. The minimum Gasteiger partial charge on any atom is -0.493 e. The molecule has 0 amide bonds. The van der Waals surface area contributed by atoms with Crippen LogP contribution in [0, 0.1) is 18.3 Å². The van der Waals surface area contributed by atoms with Gasteiger partial charge in [0, 0.05) is 16.6 Å². The largest absolute Gasteiger partial charge is 0.493 e. The van der Waals surface area contributed by atoms with Crippen molar-refractivity contribution in [2.45, 2.75) is 6.92 Å². The predicted octanol–water partition coefficient (Wildman–Crippen LogP) is 11.0. The van der Waals surface area contributed by atoms with Crippen molar-refractivity contribution in [3.05, 3.63) is 151 Å². The predicted molar refractivity (Wildman–Crippen MR) is 198 cm³/mol. The lowest BCUT2D eigenvalue weighted by Crippen LogP contribution is -2.24. The maximum atomic E-state index is 9.49. The van der Waals surface area contributed by atoms with Crippen LogP contribution in [0.15, 0.2) is 140 Å². The summed E-state index contributed by atoms with van der Waals surface area (Å²) in [5.41, 5.74) is 12.6. The average molecular weight is 637 g/mol. The fraction of sp³-hybridized carbons (Fsp3) is 0.0698. The quantitative estimate of drug-likeness (QED) is 0.181. The zero-order valence-corrected chi connectivity index (χ0v) is 27.4. The number of methoxy groups -OCH3 is 2. The Kier molecular flexibility index (Phi) is 7.43. The van der Waals surface area contributed by atoms with Crippen molar-refractivity contribution >= 4 is 45.0 Å². The van der Waals surface area contributed by atoms with Crippen LogP contribution in [-0.2, 0) is 0 Å². The second kappa shape index (κ2) is 12.2. The minimum absolute atomic E-state index is 0.602. The van der Waals surface area contributed by atoms with E-state index < -0.39 is 0 Å². The Morgan fingerprint density at radius 2 is 1.16 bits per heavy atom. The Bertz CT molecular complexity index is 2350. The molecule has 7 aromatic rings. The zero-order chi connectivity index (χ0) is 33.5. The zero-order valence-electron chi connectivity index (χ0n) is 27.4. The summed E-state index contributed by atoms with van der Waals surface area (Å²) in [5.74, 6) is 1.32. The number of ether oxygens (including phenoxy) is 2. The van der Waals surface area contributed by atoms with Crippen molar-refractivity contribution in [2.24, 2.45) is 0 Å². The lowest BCUT2D eigenvalue weighted by atomic mass is 9.93. The fourth-order valence-electron chi connectivity index (χ4n) is 6.83. The number of aromatic nitrogens is 1. The van der Waals surface area contributed by atoms with Crippen LogP contribution in [0.25, 0.3) is 33.3 Å². The molecule has 6 heteroatoms. The molecular weight excluding hydrogens is 604 g/mol. The standard InChI is InChI=1S/C43H32N4O2/c1-28-17-23-39(47-37-15-9-7-13-35(37)46(32-11-5-4-6-12-32)36-14-8-10-16-38(36)47)43-42(28)33(31-22-24-40(48-2)41(25-31)49-3)26-34(45-43)30-20-18-29(27-44)19-21-30/h4-26H,1-3H3. The number of nitriles is 1. The van der Waals surface area contributed by atoms with Gasteiger partial charge in [-0.3, -0.25) is 0 Å². The fourth-order valence-corrected chi connectivity index (χ4v) is 6.83. The highest BCUT2D eigenvalue weighted by Crippen LogP contribution is 2.55. The molecule has 1 aromatic heterocycles. The van der Waals surface area contributed by atoms with Gasteiger partial charge in [-0.25, -0.2) is 4.98 Å². The van der Waals surface area contributed by atoms with E-state index in [1.807, 2.05) is 42.5 Å². The first kappa shape index (κ1) is 29.8. The van der Waals surface area contributed by atoms with Gasteiger partial charge in [0.05, 0.1) is 65.5 Å². The van der Waals surface area contributed by atoms with Crippen LogP contribution in [-0.4, -0.2) is 19.2 Å². The molecule has 49 heavy (non-hydrogen) atoms. The first-order chi connectivity index (χ1) is 24.1. The molecule has 8 rings (SSSR count). The Morgan fingerprint density at radius 1 is 0.571 bits per heavy atom. The monoisotopic (exact) mass is 636 g/mol. The van der Waals surface area contributed by atoms with E-state index in [2.05, 4.69) is 120 Å². The molecule has 0 saturated carbocycles. The number of fused-ring (bicyclic) bond motifs is 3. The molecule has 6 nitrogen and oxygen atoms in total. The van der Waals surface area contributed by atoms with E-state index in [0.717, 1.165) is 73.0 Å². The average Bonchev–Trinajstić information content (AvgIpc) is 3.17. The Balaban J connectivity index is 1.44. The third-order valence-corrected chi connectivity index (χ3v) is 9.13. The van der Waals surface area contributed by atoms with E-state index in [-0.39, 0.29) is 0 Å². The van der Waals surface area contributed by atoms with Crippen molar-refractivity contribution in [1.29, 1.82) is 5.26 Å². The molecule has 0 bridgehead atoms. The van der Waals surface area contributed by atoms with Crippen LogP contribution < -0.4 is 19.3 Å². The Hall–Kier alpha value is -6.58. The summed E-state index contributed by atoms with van der Waals surface area (Å²) in [5, 5.41) is 10.5. The van der Waals surface area contributed by atoms with Crippen LogP contribution in [0.3, 0.4) is 0 Å². The van der Waals surface area contributed by atoms with Crippen LogP contribution in [0.1, 0.15) is 11.1 Å². The summed E-state index contributed by atoms with van der Waals surface area (Å²) < 4.78 is 11.3. The van der Waals surface area contributed by atoms with Crippen molar-refractivity contribution in [3.8, 4) is 40.0 Å². The van der Waals surface area contributed by atoms with E-state index in [9.17, 15) is 5.26 Å². The molecule has 2 heterocycles. The summed E-state index contributed by atoms with van der Waals surface area (Å²) >= 11 is 0. The normalized spacial score (nSPS) is 11.9. The first-order valence-corrected chi connectivity index (χ1v) is 16.1. The maximum absolute atomic E-state index is 9.49. The lowest BCUT2D eigenvalue weighted by Gasteiger charge is -2.40. The Labute approximate surface area is 285 Å². The highest BCUT2D eigenvalue weighted by atomic mass is 16.5. The molecule has 236 valence electrons. The summed E-state index contributed by atoms with van der Waals surface area (Å²) in [6, 6.07) is 49.9. The molecule has 0 aliphatic carbocycles. The smallest absolute Gasteiger partial charge is 0.161 e. The summed E-state index contributed by atoms with van der Waals surface area (Å²) in [6.45, 7) is 2.13. The van der Waals surface area contributed by atoms with Crippen LogP contribution in [0.2, 0.25) is 0 Å². The van der Waals surface area contributed by atoms with E-state index in [4.69, 9.17) is 14.5 Å². The molecule has 1 aliphatic heterocycles. The Morgan fingerprint density at radius 3 is 1.78 bits per heavy atom. The van der Waals surface area contributed by atoms with Gasteiger partial charge in [0.2, 0.25) is 0 Å². The van der Waals surface area contributed by atoms with Crippen molar-refractivity contribution < 1.29 is 9.47 Å². The van der Waals surface area contributed by atoms with Crippen molar-refractivity contribution in [2.75, 3.05) is 24.0 Å². The number of aryl methyl sites for hydroxylation is 1. The van der Waals surface area contributed by atoms with Gasteiger partial charge in [-0.1, -0.05) is 66.7 Å². The van der Waals surface area contributed by atoms with Crippen molar-refractivity contribution in [3.63, 3.8) is 0 Å². The number of hydrogen-bond acceptors (Lipinski definition) is 6. The molecular formula is C43H32N4O2. The van der Waals surface area contributed by atoms with Crippen molar-refractivity contribution in [1.82, 2.24) is 4.98 Å². The number of pyridine rings is 1. The van der Waals surface area contributed by atoms with E-state index >= 15 is 0 Å². The van der Waals surface area contributed by atoms with E-state index in [1.165, 1.54) is 0 Å². The first-order valence-electron chi connectivity index (χ1n) is 16.1. The van der Waals surface area contributed by atoms with Gasteiger partial charge in [-0.2, -0.15) is 5.26 Å². The highest BCUT2D eigenvalue weighted by molar-refractivity contribution is 6.10. The van der Waals surface area contributed by atoms with Gasteiger partial charge >= 0.3 is 0 Å². The highest BCUT2D eigenvalue weighted by Gasteiger charge is 2.31. The SMILES string of the molecule is COc1ccc(-c2cc(-c3ccc(C#N)cc3)nc3c(N4c5ccccc5N(c5ccccc5)c5ccccc54)ccc(C)c23)cc1OC. The molecule has 0 atom stereocenters. The molecule has 0 fully saturated rings. The molecule has 0 unspecified atom stereocenters. The number of rotatable bonds is 6. The number of benzene rings is 6. The van der Waals surface area contributed by atoms with Gasteiger partial charge in [0.15, 0.2) is 11.5 Å². The maximum Gasteiger partial charge on any atom is 0.161 e. The molecule has 1 aliphatic rings. The van der Waals surface area contributed by atoms with Crippen LogP contribution >= 0.6 is 0 Å². The summed E-state index contributed by atoms with van der Waals surface area (Å²) in [4.78, 5) is 10.1. The number of para-hydroxylation sites is 5. The van der Waals surface area contributed by atoms with Gasteiger partial charge in [0.1, 0.15) is 0 Å². The molecule has 6 aromatic carbocycles. The topological polar surface area (TPSA) is 61.6 Å². The molecule has 0 N–H and O–H groups in total. The minimum atomic E-state index is 0.602.